The summed E-state index contributed by atoms with van der Waals surface area (Å²) in [5.41, 5.74) is 1.49. The Hall–Kier alpha value is -3.15. The first kappa shape index (κ1) is 18.6. The average Bonchev–Trinajstić information content (AvgIpc) is 3.08. The summed E-state index contributed by atoms with van der Waals surface area (Å²) in [4.78, 5) is 38.1. The monoisotopic (exact) mass is 366 g/mol. The van der Waals surface area contributed by atoms with Gasteiger partial charge in [-0.15, -0.1) is 0 Å². The van der Waals surface area contributed by atoms with Crippen LogP contribution in [0.25, 0.3) is 0 Å². The SMILES string of the molecule is O=C(NCCN1C(=O)CCC1C(=O)c1ccccc1)OCc1ccccc1. The van der Waals surface area contributed by atoms with Crippen LogP contribution in [0.5, 0.6) is 0 Å². The summed E-state index contributed by atoms with van der Waals surface area (Å²) in [5, 5.41) is 2.63. The number of nitrogens with one attached hydrogen (secondary N) is 1. The Morgan fingerprint density at radius 1 is 1.04 bits per heavy atom. The van der Waals surface area contributed by atoms with Crippen LogP contribution in [0, 0.1) is 0 Å². The van der Waals surface area contributed by atoms with Gasteiger partial charge in [0.15, 0.2) is 5.78 Å². The van der Waals surface area contributed by atoms with Gasteiger partial charge in [-0.3, -0.25) is 9.59 Å². The lowest BCUT2D eigenvalue weighted by Gasteiger charge is -2.24. The normalized spacial score (nSPS) is 16.2. The van der Waals surface area contributed by atoms with Gasteiger partial charge in [0.1, 0.15) is 6.61 Å². The molecule has 1 saturated heterocycles. The maximum Gasteiger partial charge on any atom is 0.407 e. The van der Waals surface area contributed by atoms with Crippen LogP contribution in [0.4, 0.5) is 4.79 Å². The van der Waals surface area contributed by atoms with Gasteiger partial charge in [0.05, 0.1) is 6.04 Å². The minimum Gasteiger partial charge on any atom is -0.445 e. The van der Waals surface area contributed by atoms with E-state index in [0.717, 1.165) is 5.56 Å². The van der Waals surface area contributed by atoms with Gasteiger partial charge in [-0.1, -0.05) is 60.7 Å². The van der Waals surface area contributed by atoms with E-state index >= 15 is 0 Å². The second-order valence-electron chi connectivity index (χ2n) is 6.36. The highest BCUT2D eigenvalue weighted by atomic mass is 16.5. The topological polar surface area (TPSA) is 75.7 Å². The summed E-state index contributed by atoms with van der Waals surface area (Å²) in [6.45, 7) is 0.699. The van der Waals surface area contributed by atoms with Gasteiger partial charge in [-0.05, 0) is 12.0 Å². The number of ether oxygens (including phenoxy) is 1. The van der Waals surface area contributed by atoms with E-state index in [1.165, 1.54) is 0 Å². The van der Waals surface area contributed by atoms with Gasteiger partial charge >= 0.3 is 6.09 Å². The molecule has 27 heavy (non-hydrogen) atoms. The fourth-order valence-corrected chi connectivity index (χ4v) is 3.13. The molecule has 2 aromatic rings. The summed E-state index contributed by atoms with van der Waals surface area (Å²) in [6, 6.07) is 17.9. The maximum atomic E-state index is 12.7. The predicted molar refractivity (Wildman–Crippen MR) is 100 cm³/mol. The molecule has 0 aromatic heterocycles. The van der Waals surface area contributed by atoms with Crippen LogP contribution < -0.4 is 5.32 Å². The first-order valence-electron chi connectivity index (χ1n) is 8.98. The van der Waals surface area contributed by atoms with Crippen LogP contribution >= 0.6 is 0 Å². The predicted octanol–water partition coefficient (Wildman–Crippen LogP) is 2.79. The highest BCUT2D eigenvalue weighted by Gasteiger charge is 2.35. The molecule has 1 unspecified atom stereocenters. The number of carbonyl (C=O) groups excluding carboxylic acids is 3. The number of carbonyl (C=O) groups is 3. The molecule has 1 fully saturated rings. The van der Waals surface area contributed by atoms with Crippen molar-refractivity contribution in [3.63, 3.8) is 0 Å². The molecule has 0 spiro atoms. The lowest BCUT2D eigenvalue weighted by atomic mass is 10.0. The molecular weight excluding hydrogens is 344 g/mol. The molecule has 3 rings (SSSR count). The van der Waals surface area contributed by atoms with E-state index < -0.39 is 12.1 Å². The number of alkyl carbamates (subject to hydrolysis) is 1. The van der Waals surface area contributed by atoms with Crippen LogP contribution in [-0.2, 0) is 16.1 Å². The van der Waals surface area contributed by atoms with Crippen molar-refractivity contribution in [2.45, 2.75) is 25.5 Å². The Labute approximate surface area is 158 Å². The van der Waals surface area contributed by atoms with Gasteiger partial charge in [-0.25, -0.2) is 4.79 Å². The highest BCUT2D eigenvalue weighted by molar-refractivity contribution is 6.03. The van der Waals surface area contributed by atoms with Crippen LogP contribution in [0.2, 0.25) is 0 Å². The van der Waals surface area contributed by atoms with Crippen LogP contribution in [-0.4, -0.2) is 41.8 Å². The molecule has 1 aliphatic heterocycles. The zero-order valence-corrected chi connectivity index (χ0v) is 15.0. The summed E-state index contributed by atoms with van der Waals surface area (Å²) in [5.74, 6) is -0.128. The molecule has 0 aliphatic carbocycles. The number of ketones is 1. The summed E-state index contributed by atoms with van der Waals surface area (Å²) >= 11 is 0. The third-order valence-corrected chi connectivity index (χ3v) is 4.52. The number of amides is 2. The highest BCUT2D eigenvalue weighted by Crippen LogP contribution is 2.22. The molecule has 0 radical (unpaired) electrons. The van der Waals surface area contributed by atoms with Crippen molar-refractivity contribution in [1.29, 1.82) is 0 Å². The smallest absolute Gasteiger partial charge is 0.407 e. The molecule has 6 heteroatoms. The van der Waals surface area contributed by atoms with Crippen LogP contribution in [0.3, 0.4) is 0 Å². The lowest BCUT2D eigenvalue weighted by Crippen LogP contribution is -2.43. The minimum atomic E-state index is -0.545. The molecule has 1 atom stereocenters. The Morgan fingerprint density at radius 2 is 1.70 bits per heavy atom. The van der Waals surface area contributed by atoms with Gasteiger partial charge in [0.25, 0.3) is 0 Å². The van der Waals surface area contributed by atoms with E-state index in [9.17, 15) is 14.4 Å². The fourth-order valence-electron chi connectivity index (χ4n) is 3.13. The zero-order valence-electron chi connectivity index (χ0n) is 15.0. The Balaban J connectivity index is 1.48. The van der Waals surface area contributed by atoms with E-state index in [0.29, 0.717) is 18.4 Å². The molecule has 1 aliphatic rings. The summed E-state index contributed by atoms with van der Waals surface area (Å²) in [6.07, 6.45) is 0.309. The number of benzene rings is 2. The van der Waals surface area contributed by atoms with E-state index in [1.54, 1.807) is 29.2 Å². The van der Waals surface area contributed by atoms with Gasteiger partial charge in [-0.2, -0.15) is 0 Å². The zero-order chi connectivity index (χ0) is 19.1. The Bertz CT molecular complexity index is 792. The maximum absolute atomic E-state index is 12.7. The largest absolute Gasteiger partial charge is 0.445 e. The van der Waals surface area contributed by atoms with Crippen molar-refractivity contribution >= 4 is 17.8 Å². The standard InChI is InChI=1S/C21H22N2O4/c24-19-12-11-18(20(25)17-9-5-2-6-10-17)23(19)14-13-22-21(26)27-15-16-7-3-1-4-8-16/h1-10,18H,11-15H2,(H,22,26). The van der Waals surface area contributed by atoms with E-state index in [1.807, 2.05) is 36.4 Å². The van der Waals surface area contributed by atoms with Gasteiger partial charge < -0.3 is 15.0 Å². The van der Waals surface area contributed by atoms with Crippen molar-refractivity contribution in [3.8, 4) is 0 Å². The molecule has 2 amide bonds. The quantitative estimate of drug-likeness (QED) is 0.765. The van der Waals surface area contributed by atoms with Crippen molar-refractivity contribution in [3.05, 3.63) is 71.8 Å². The number of hydrogen-bond donors (Lipinski definition) is 1. The molecular formula is C21H22N2O4. The second kappa shape index (κ2) is 8.98. The van der Waals surface area contributed by atoms with Crippen molar-refractivity contribution in [2.24, 2.45) is 0 Å². The lowest BCUT2D eigenvalue weighted by molar-refractivity contribution is -0.128. The third kappa shape index (κ3) is 4.94. The average molecular weight is 366 g/mol. The van der Waals surface area contributed by atoms with Crippen molar-refractivity contribution < 1.29 is 19.1 Å². The van der Waals surface area contributed by atoms with E-state index in [-0.39, 0.29) is 31.4 Å². The number of likely N-dealkylation sites (tertiary alicyclic amines) is 1. The molecule has 140 valence electrons. The molecule has 1 heterocycles. The second-order valence-corrected chi connectivity index (χ2v) is 6.36. The number of hydrogen-bond acceptors (Lipinski definition) is 4. The van der Waals surface area contributed by atoms with E-state index in [2.05, 4.69) is 5.32 Å². The van der Waals surface area contributed by atoms with Crippen molar-refractivity contribution in [1.82, 2.24) is 10.2 Å². The van der Waals surface area contributed by atoms with Crippen LogP contribution in [0.15, 0.2) is 60.7 Å². The minimum absolute atomic E-state index is 0.0619. The summed E-state index contributed by atoms with van der Waals surface area (Å²) < 4.78 is 5.14. The number of rotatable bonds is 7. The molecule has 6 nitrogen and oxygen atoms in total. The molecule has 2 aromatic carbocycles. The molecule has 0 saturated carbocycles. The summed E-state index contributed by atoms with van der Waals surface area (Å²) in [7, 11) is 0. The first-order valence-corrected chi connectivity index (χ1v) is 8.98. The van der Waals surface area contributed by atoms with Gasteiger partial charge in [0.2, 0.25) is 5.91 Å². The van der Waals surface area contributed by atoms with Crippen LogP contribution in [0.1, 0.15) is 28.8 Å². The first-order chi connectivity index (χ1) is 13.1. The Kier molecular flexibility index (Phi) is 6.20. The third-order valence-electron chi connectivity index (χ3n) is 4.52. The molecule has 1 N–H and O–H groups in total. The van der Waals surface area contributed by atoms with Crippen molar-refractivity contribution in [2.75, 3.05) is 13.1 Å². The number of Topliss-reactive ketones (excluding diaryl/α,β-unsaturated/α-hetero) is 1. The van der Waals surface area contributed by atoms with E-state index in [4.69, 9.17) is 4.74 Å². The van der Waals surface area contributed by atoms with Gasteiger partial charge in [0, 0.05) is 25.1 Å². The number of nitrogens with zero attached hydrogens (tertiary/aromatic N) is 1. The molecule has 0 bridgehead atoms. The fraction of sp³-hybridized carbons (Fsp3) is 0.286. The Morgan fingerprint density at radius 3 is 2.41 bits per heavy atom.